The van der Waals surface area contributed by atoms with E-state index in [-0.39, 0.29) is 21.2 Å². The molecule has 0 unspecified atom stereocenters. The lowest BCUT2D eigenvalue weighted by atomic mass is 10.3. The molecule has 0 bridgehead atoms. The van der Waals surface area contributed by atoms with Crippen molar-refractivity contribution in [3.05, 3.63) is 48.5 Å². The Morgan fingerprint density at radius 3 is 2.24 bits per heavy atom. The Balaban J connectivity index is 2.61. The Morgan fingerprint density at radius 1 is 1.00 bits per heavy atom. The minimum absolute atomic E-state index is 0.00139. The molecule has 0 atom stereocenters. The van der Waals surface area contributed by atoms with Crippen LogP contribution in [-0.2, 0) is 9.84 Å². The van der Waals surface area contributed by atoms with E-state index in [0.717, 1.165) is 0 Å². The van der Waals surface area contributed by atoms with Crippen molar-refractivity contribution in [2.24, 2.45) is 0 Å². The summed E-state index contributed by atoms with van der Waals surface area (Å²) in [5, 5.41) is 9.20. The number of rotatable bonds is 2. The lowest BCUT2D eigenvalue weighted by molar-refractivity contribution is 0.475. The largest absolute Gasteiger partial charge is 0.508 e. The van der Waals surface area contributed by atoms with Gasteiger partial charge in [-0.05, 0) is 24.3 Å². The maximum atomic E-state index is 12.2. The van der Waals surface area contributed by atoms with E-state index in [1.807, 2.05) is 0 Å². The number of nitrogen functional groups attached to an aromatic ring is 1. The molecular formula is C12H11NO3S. The fourth-order valence-corrected chi connectivity index (χ4v) is 2.89. The van der Waals surface area contributed by atoms with Crippen LogP contribution in [0, 0.1) is 0 Å². The topological polar surface area (TPSA) is 80.4 Å². The molecule has 5 heteroatoms. The second-order valence-electron chi connectivity index (χ2n) is 3.54. The third-order valence-corrected chi connectivity index (χ3v) is 4.18. The first-order valence-electron chi connectivity index (χ1n) is 4.90. The molecule has 3 N–H and O–H groups in total. The first kappa shape index (κ1) is 11.5. The fraction of sp³-hybridized carbons (Fsp3) is 0. The summed E-state index contributed by atoms with van der Waals surface area (Å²) in [6, 6.07) is 11.8. The van der Waals surface area contributed by atoms with Crippen LogP contribution >= 0.6 is 0 Å². The van der Waals surface area contributed by atoms with Crippen LogP contribution < -0.4 is 5.73 Å². The molecule has 2 rings (SSSR count). The minimum Gasteiger partial charge on any atom is -0.508 e. The van der Waals surface area contributed by atoms with Crippen LogP contribution in [-0.4, -0.2) is 13.5 Å². The van der Waals surface area contributed by atoms with Gasteiger partial charge in [-0.2, -0.15) is 0 Å². The smallest absolute Gasteiger partial charge is 0.208 e. The SMILES string of the molecule is Nc1cc(O)ccc1S(=O)(=O)c1ccccc1. The maximum absolute atomic E-state index is 12.2. The molecule has 2 aromatic carbocycles. The molecule has 0 saturated carbocycles. The Labute approximate surface area is 99.2 Å². The molecule has 0 aliphatic heterocycles. The molecule has 0 aliphatic rings. The number of hydrogen-bond acceptors (Lipinski definition) is 4. The molecule has 0 saturated heterocycles. The number of phenols is 1. The van der Waals surface area contributed by atoms with Crippen LogP contribution in [0.1, 0.15) is 0 Å². The summed E-state index contributed by atoms with van der Waals surface area (Å²) < 4.78 is 24.4. The fourth-order valence-electron chi connectivity index (χ4n) is 1.51. The third-order valence-electron chi connectivity index (χ3n) is 2.34. The summed E-state index contributed by atoms with van der Waals surface area (Å²) in [6.45, 7) is 0. The number of hydrogen-bond donors (Lipinski definition) is 2. The minimum atomic E-state index is -3.62. The predicted octanol–water partition coefficient (Wildman–Crippen LogP) is 1.81. The highest BCUT2D eigenvalue weighted by molar-refractivity contribution is 7.91. The van der Waals surface area contributed by atoms with Crippen molar-refractivity contribution in [2.45, 2.75) is 9.79 Å². The molecule has 0 aliphatic carbocycles. The summed E-state index contributed by atoms with van der Waals surface area (Å²) >= 11 is 0. The highest BCUT2D eigenvalue weighted by Crippen LogP contribution is 2.28. The van der Waals surface area contributed by atoms with E-state index in [0.29, 0.717) is 0 Å². The molecule has 0 fully saturated rings. The zero-order chi connectivity index (χ0) is 12.5. The van der Waals surface area contributed by atoms with Crippen molar-refractivity contribution in [1.29, 1.82) is 0 Å². The molecule has 17 heavy (non-hydrogen) atoms. The number of nitrogens with two attached hydrogens (primary N) is 1. The standard InChI is InChI=1S/C12H11NO3S/c13-11-8-9(14)6-7-12(11)17(15,16)10-4-2-1-3-5-10/h1-8,14H,13H2. The van der Waals surface area contributed by atoms with Gasteiger partial charge in [0.2, 0.25) is 9.84 Å². The van der Waals surface area contributed by atoms with Gasteiger partial charge in [-0.25, -0.2) is 8.42 Å². The maximum Gasteiger partial charge on any atom is 0.208 e. The molecule has 88 valence electrons. The second kappa shape index (κ2) is 4.10. The van der Waals surface area contributed by atoms with Crippen molar-refractivity contribution in [1.82, 2.24) is 0 Å². The molecule has 4 nitrogen and oxygen atoms in total. The van der Waals surface area contributed by atoms with E-state index in [1.54, 1.807) is 18.2 Å². The summed E-state index contributed by atoms with van der Waals surface area (Å²) in [7, 11) is -3.62. The average Bonchev–Trinajstić information content (AvgIpc) is 2.29. The van der Waals surface area contributed by atoms with Gasteiger partial charge in [0.15, 0.2) is 0 Å². The van der Waals surface area contributed by atoms with E-state index in [2.05, 4.69) is 0 Å². The zero-order valence-electron chi connectivity index (χ0n) is 8.87. The first-order chi connectivity index (χ1) is 8.01. The number of aromatic hydroxyl groups is 1. The van der Waals surface area contributed by atoms with Crippen LogP contribution in [0.5, 0.6) is 5.75 Å². The normalized spacial score (nSPS) is 11.3. The van der Waals surface area contributed by atoms with E-state index in [4.69, 9.17) is 5.73 Å². The zero-order valence-corrected chi connectivity index (χ0v) is 9.68. The molecule has 0 heterocycles. The van der Waals surface area contributed by atoms with Gasteiger partial charge in [-0.3, -0.25) is 0 Å². The van der Waals surface area contributed by atoms with Crippen molar-refractivity contribution in [2.75, 3.05) is 5.73 Å². The Kier molecular flexibility index (Phi) is 2.77. The van der Waals surface area contributed by atoms with Crippen LogP contribution in [0.2, 0.25) is 0 Å². The van der Waals surface area contributed by atoms with Crippen LogP contribution in [0.3, 0.4) is 0 Å². The van der Waals surface area contributed by atoms with Crippen molar-refractivity contribution >= 4 is 15.5 Å². The van der Waals surface area contributed by atoms with Crippen LogP contribution in [0.25, 0.3) is 0 Å². The highest BCUT2D eigenvalue weighted by atomic mass is 32.2. The molecule has 0 amide bonds. The second-order valence-corrected chi connectivity index (χ2v) is 5.46. The summed E-state index contributed by atoms with van der Waals surface area (Å²) in [6.07, 6.45) is 0. The van der Waals surface area contributed by atoms with Crippen molar-refractivity contribution in [3.63, 3.8) is 0 Å². The summed E-state index contributed by atoms with van der Waals surface area (Å²) in [5.41, 5.74) is 5.64. The lowest BCUT2D eigenvalue weighted by Crippen LogP contribution is -2.05. The highest BCUT2D eigenvalue weighted by Gasteiger charge is 2.20. The van der Waals surface area contributed by atoms with E-state index in [1.165, 1.54) is 30.3 Å². The van der Waals surface area contributed by atoms with Crippen LogP contribution in [0.15, 0.2) is 58.3 Å². The first-order valence-corrected chi connectivity index (χ1v) is 6.39. The number of anilines is 1. The van der Waals surface area contributed by atoms with Gasteiger partial charge in [-0.15, -0.1) is 0 Å². The molecule has 0 aromatic heterocycles. The summed E-state index contributed by atoms with van der Waals surface area (Å²) in [5.74, 6) is -0.0606. The van der Waals surface area contributed by atoms with E-state index in [9.17, 15) is 13.5 Å². The molecular weight excluding hydrogens is 238 g/mol. The van der Waals surface area contributed by atoms with Crippen molar-refractivity contribution < 1.29 is 13.5 Å². The predicted molar refractivity (Wildman–Crippen MR) is 64.4 cm³/mol. The number of benzene rings is 2. The molecule has 0 radical (unpaired) electrons. The summed E-state index contributed by atoms with van der Waals surface area (Å²) in [4.78, 5) is 0.180. The molecule has 0 spiro atoms. The van der Waals surface area contributed by atoms with Crippen LogP contribution in [0.4, 0.5) is 5.69 Å². The average molecular weight is 249 g/mol. The van der Waals surface area contributed by atoms with Gasteiger partial charge in [0.1, 0.15) is 5.75 Å². The Hall–Kier alpha value is -2.01. The quantitative estimate of drug-likeness (QED) is 0.795. The molecule has 2 aromatic rings. The van der Waals surface area contributed by atoms with Gasteiger partial charge >= 0.3 is 0 Å². The van der Waals surface area contributed by atoms with Gasteiger partial charge in [0, 0.05) is 6.07 Å². The number of phenolic OH excluding ortho intramolecular Hbond substituents is 1. The Bertz CT molecular complexity index is 636. The third kappa shape index (κ3) is 2.09. The van der Waals surface area contributed by atoms with Gasteiger partial charge in [-0.1, -0.05) is 18.2 Å². The van der Waals surface area contributed by atoms with E-state index < -0.39 is 9.84 Å². The van der Waals surface area contributed by atoms with Gasteiger partial charge in [0.25, 0.3) is 0 Å². The Morgan fingerprint density at radius 2 is 1.65 bits per heavy atom. The van der Waals surface area contributed by atoms with E-state index >= 15 is 0 Å². The van der Waals surface area contributed by atoms with Gasteiger partial charge in [0.05, 0.1) is 15.5 Å². The number of sulfone groups is 1. The lowest BCUT2D eigenvalue weighted by Gasteiger charge is -2.07. The van der Waals surface area contributed by atoms with Gasteiger partial charge < -0.3 is 10.8 Å². The monoisotopic (exact) mass is 249 g/mol. The van der Waals surface area contributed by atoms with Crippen molar-refractivity contribution in [3.8, 4) is 5.75 Å².